The van der Waals surface area contributed by atoms with E-state index in [1.807, 2.05) is 0 Å². The summed E-state index contributed by atoms with van der Waals surface area (Å²) < 4.78 is 0.540. The standard InChI is InChI=1S/C5H4N2O2/c8-5-1-3-7(9)4-2-6-5/h1-4H/p+1. The van der Waals surface area contributed by atoms with Crippen molar-refractivity contribution in [2.75, 3.05) is 0 Å². The highest BCUT2D eigenvalue weighted by atomic mass is 16.3. The van der Waals surface area contributed by atoms with Gasteiger partial charge in [0.05, 0.1) is 16.7 Å². The third-order valence-electron chi connectivity index (χ3n) is 0.820. The molecule has 0 saturated heterocycles. The van der Waals surface area contributed by atoms with Crippen molar-refractivity contribution in [2.24, 2.45) is 0 Å². The predicted molar refractivity (Wildman–Crippen MR) is 30.4 cm³/mol. The van der Waals surface area contributed by atoms with Crippen molar-refractivity contribution in [2.45, 2.75) is 0 Å². The van der Waals surface area contributed by atoms with E-state index in [-0.39, 0.29) is 5.56 Å². The molecule has 0 atom stereocenters. The largest absolute Gasteiger partial charge is 0.323 e. The zero-order valence-corrected chi connectivity index (χ0v) is 4.57. The maximum atomic E-state index is 10.4. The maximum absolute atomic E-state index is 10.4. The highest BCUT2D eigenvalue weighted by Gasteiger charge is 1.83. The molecule has 0 bridgehead atoms. The molecular weight excluding hydrogens is 120 g/mol. The van der Waals surface area contributed by atoms with Crippen LogP contribution in [0.4, 0.5) is 0 Å². The minimum Gasteiger partial charge on any atom is -0.323 e. The van der Waals surface area contributed by atoms with Crippen LogP contribution in [0.1, 0.15) is 0 Å². The quantitative estimate of drug-likeness (QED) is 0.465. The summed E-state index contributed by atoms with van der Waals surface area (Å²) in [5.41, 5.74) is -0.287. The van der Waals surface area contributed by atoms with Gasteiger partial charge in [-0.05, 0) is 0 Å². The van der Waals surface area contributed by atoms with Gasteiger partial charge in [0.15, 0.2) is 0 Å². The van der Waals surface area contributed by atoms with Crippen LogP contribution < -0.4 is 9.99 Å². The number of nitrogens with zero attached hydrogens (tertiary/aromatic N) is 1. The van der Waals surface area contributed by atoms with Crippen LogP contribution in [0, 0.1) is 4.91 Å². The Hall–Kier alpha value is -1.45. The Morgan fingerprint density at radius 3 is 3.00 bits per heavy atom. The molecule has 0 saturated carbocycles. The Morgan fingerprint density at radius 2 is 2.22 bits per heavy atom. The van der Waals surface area contributed by atoms with Crippen molar-refractivity contribution in [3.63, 3.8) is 0 Å². The first kappa shape index (κ1) is 5.68. The van der Waals surface area contributed by atoms with E-state index in [1.165, 1.54) is 12.4 Å². The van der Waals surface area contributed by atoms with Crippen LogP contribution in [0.15, 0.2) is 29.5 Å². The SMILES string of the molecule is O=c1cc[n+](=O)cc[nH]1. The molecule has 46 valence electrons. The summed E-state index contributed by atoms with van der Waals surface area (Å²) in [5.74, 6) is 0. The van der Waals surface area contributed by atoms with Gasteiger partial charge in [0.25, 0.3) is 5.56 Å². The number of nitrogens with one attached hydrogen (secondary N) is 1. The number of aromatic nitrogens is 2. The number of rotatable bonds is 0. The second-order valence-electron chi connectivity index (χ2n) is 1.50. The first-order chi connectivity index (χ1) is 4.29. The highest BCUT2D eigenvalue weighted by Crippen LogP contribution is 1.56. The fourth-order valence-electron chi connectivity index (χ4n) is 0.432. The Kier molecular flexibility index (Phi) is 1.40. The topological polar surface area (TPSA) is 55.8 Å². The van der Waals surface area contributed by atoms with E-state index in [9.17, 15) is 9.70 Å². The third-order valence-corrected chi connectivity index (χ3v) is 0.820. The summed E-state index contributed by atoms with van der Waals surface area (Å²) in [6, 6.07) is 1.16. The minimum atomic E-state index is -0.287. The molecule has 0 aliphatic heterocycles. The Balaban J connectivity index is 3.51. The molecule has 0 aliphatic carbocycles. The highest BCUT2D eigenvalue weighted by molar-refractivity contribution is 4.73. The number of H-pyrrole nitrogens is 1. The first-order valence-electron chi connectivity index (χ1n) is 2.40. The molecule has 9 heavy (non-hydrogen) atoms. The lowest BCUT2D eigenvalue weighted by Crippen LogP contribution is -2.07. The van der Waals surface area contributed by atoms with Crippen molar-refractivity contribution in [1.29, 1.82) is 0 Å². The zero-order chi connectivity index (χ0) is 6.69. The molecule has 1 rings (SSSR count). The van der Waals surface area contributed by atoms with Gasteiger partial charge in [-0.3, -0.25) is 4.79 Å². The molecule has 0 fully saturated rings. The van der Waals surface area contributed by atoms with Gasteiger partial charge in [0.2, 0.25) is 12.4 Å². The van der Waals surface area contributed by atoms with Crippen molar-refractivity contribution < 1.29 is 4.43 Å². The molecule has 0 aliphatic rings. The van der Waals surface area contributed by atoms with Gasteiger partial charge in [-0.2, -0.15) is 0 Å². The predicted octanol–water partition coefficient (Wildman–Crippen LogP) is -0.711. The summed E-state index contributed by atoms with van der Waals surface area (Å²) in [6.45, 7) is 0. The average Bonchev–Trinajstić information content (AvgIpc) is 1.97. The minimum absolute atomic E-state index is 0.287. The van der Waals surface area contributed by atoms with Crippen LogP contribution >= 0.6 is 0 Å². The molecule has 1 heterocycles. The molecule has 0 spiro atoms. The molecule has 0 aromatic carbocycles. The van der Waals surface area contributed by atoms with Crippen LogP contribution in [-0.4, -0.2) is 4.98 Å². The molecular formula is C5H5N2O2+. The third kappa shape index (κ3) is 1.49. The van der Waals surface area contributed by atoms with Gasteiger partial charge in [-0.25, -0.2) is 0 Å². The number of aromatic amines is 1. The summed E-state index contributed by atoms with van der Waals surface area (Å²) >= 11 is 0. The fourth-order valence-corrected chi connectivity index (χ4v) is 0.432. The van der Waals surface area contributed by atoms with Crippen LogP contribution in [0.3, 0.4) is 0 Å². The van der Waals surface area contributed by atoms with Gasteiger partial charge < -0.3 is 4.98 Å². The fraction of sp³-hybridized carbons (Fsp3) is 0. The van der Waals surface area contributed by atoms with E-state index in [0.29, 0.717) is 4.43 Å². The lowest BCUT2D eigenvalue weighted by atomic mass is 10.7. The monoisotopic (exact) mass is 125 g/mol. The van der Waals surface area contributed by atoms with Gasteiger partial charge in [0.1, 0.15) is 0 Å². The van der Waals surface area contributed by atoms with Gasteiger partial charge in [0, 0.05) is 4.91 Å². The molecule has 1 N–H and O–H groups in total. The Morgan fingerprint density at radius 1 is 1.44 bits per heavy atom. The molecule has 4 heteroatoms. The van der Waals surface area contributed by atoms with E-state index in [0.717, 1.165) is 12.3 Å². The summed E-state index contributed by atoms with van der Waals surface area (Å²) in [6.07, 6.45) is 3.63. The zero-order valence-electron chi connectivity index (χ0n) is 4.57. The Bertz CT molecular complexity index is 274. The number of hydrogen-bond acceptors (Lipinski definition) is 2. The van der Waals surface area contributed by atoms with E-state index in [1.54, 1.807) is 0 Å². The smallest absolute Gasteiger partial charge is 0.254 e. The van der Waals surface area contributed by atoms with Gasteiger partial charge >= 0.3 is 0 Å². The molecule has 0 amide bonds. The lowest BCUT2D eigenvalue weighted by Gasteiger charge is -1.57. The van der Waals surface area contributed by atoms with E-state index in [4.69, 9.17) is 0 Å². The lowest BCUT2D eigenvalue weighted by molar-refractivity contribution is -0.493. The second kappa shape index (κ2) is 2.21. The van der Waals surface area contributed by atoms with Crippen molar-refractivity contribution in [3.05, 3.63) is 39.9 Å². The van der Waals surface area contributed by atoms with Crippen LogP contribution in [-0.2, 0) is 0 Å². The summed E-state index contributed by atoms with van der Waals surface area (Å²) in [5, 5.41) is 0. The molecule has 1 aromatic heterocycles. The van der Waals surface area contributed by atoms with Crippen molar-refractivity contribution in [1.82, 2.24) is 4.98 Å². The molecule has 4 nitrogen and oxygen atoms in total. The normalized spacial score (nSPS) is 8.89. The second-order valence-corrected chi connectivity index (χ2v) is 1.50. The average molecular weight is 125 g/mol. The van der Waals surface area contributed by atoms with Crippen LogP contribution in [0.2, 0.25) is 0 Å². The van der Waals surface area contributed by atoms with Crippen molar-refractivity contribution >= 4 is 0 Å². The molecule has 1 aromatic rings. The van der Waals surface area contributed by atoms with E-state index >= 15 is 0 Å². The maximum Gasteiger partial charge on any atom is 0.254 e. The number of hydrogen-bond donors (Lipinski definition) is 1. The Labute approximate surface area is 50.4 Å². The van der Waals surface area contributed by atoms with Gasteiger partial charge in [-0.15, -0.1) is 0 Å². The van der Waals surface area contributed by atoms with Gasteiger partial charge in [-0.1, -0.05) is 0 Å². The summed E-state index contributed by atoms with van der Waals surface area (Å²) in [4.78, 5) is 23.1. The molecule has 0 radical (unpaired) electrons. The van der Waals surface area contributed by atoms with Crippen molar-refractivity contribution in [3.8, 4) is 0 Å². The van der Waals surface area contributed by atoms with E-state index in [2.05, 4.69) is 4.98 Å². The van der Waals surface area contributed by atoms with E-state index < -0.39 is 0 Å². The van der Waals surface area contributed by atoms with Crippen LogP contribution in [0.5, 0.6) is 0 Å². The van der Waals surface area contributed by atoms with Crippen LogP contribution in [0.25, 0.3) is 0 Å². The first-order valence-corrected chi connectivity index (χ1v) is 2.40. The molecule has 0 unspecified atom stereocenters. The summed E-state index contributed by atoms with van der Waals surface area (Å²) in [7, 11) is 0.